The van der Waals surface area contributed by atoms with Crippen LogP contribution in [0.5, 0.6) is 0 Å². The van der Waals surface area contributed by atoms with Crippen LogP contribution in [0.2, 0.25) is 0 Å². The molecule has 0 radical (unpaired) electrons. The van der Waals surface area contributed by atoms with E-state index in [0.29, 0.717) is 0 Å². The first kappa shape index (κ1) is 12.4. The second kappa shape index (κ2) is 6.61. The van der Waals surface area contributed by atoms with Gasteiger partial charge in [0.15, 0.2) is 0 Å². The van der Waals surface area contributed by atoms with Crippen molar-refractivity contribution in [2.24, 2.45) is 5.92 Å². The van der Waals surface area contributed by atoms with Gasteiger partial charge in [-0.1, -0.05) is 19.8 Å². The van der Waals surface area contributed by atoms with E-state index in [9.17, 15) is 0 Å². The average molecular weight is 224 g/mol. The number of hydrogen-bond donors (Lipinski definition) is 1. The van der Waals surface area contributed by atoms with Gasteiger partial charge in [0.1, 0.15) is 0 Å². The highest BCUT2D eigenvalue weighted by Crippen LogP contribution is 2.26. The fraction of sp³-hybridized carbons (Fsp3) is 1.00. The smallest absolute Gasteiger partial charge is 0.0221 e. The van der Waals surface area contributed by atoms with Crippen LogP contribution < -0.4 is 5.32 Å². The molecule has 1 aliphatic carbocycles. The highest BCUT2D eigenvalue weighted by Gasteiger charge is 2.24. The molecule has 0 spiro atoms. The van der Waals surface area contributed by atoms with E-state index in [0.717, 1.165) is 12.0 Å². The van der Waals surface area contributed by atoms with E-state index in [4.69, 9.17) is 0 Å². The third-order valence-electron chi connectivity index (χ3n) is 4.27. The summed E-state index contributed by atoms with van der Waals surface area (Å²) in [5.41, 5.74) is 0. The van der Waals surface area contributed by atoms with Crippen LogP contribution in [0.3, 0.4) is 0 Å². The van der Waals surface area contributed by atoms with E-state index in [1.807, 2.05) is 0 Å². The molecule has 1 atom stereocenters. The van der Waals surface area contributed by atoms with Crippen molar-refractivity contribution in [1.29, 1.82) is 0 Å². The maximum absolute atomic E-state index is 3.56. The molecular formula is C14H28N2. The summed E-state index contributed by atoms with van der Waals surface area (Å²) >= 11 is 0. The first-order valence-electron chi connectivity index (χ1n) is 7.35. The zero-order valence-electron chi connectivity index (χ0n) is 10.9. The maximum Gasteiger partial charge on any atom is 0.0221 e. The summed E-state index contributed by atoms with van der Waals surface area (Å²) in [6.45, 7) is 7.47. The number of nitrogens with one attached hydrogen (secondary N) is 1. The highest BCUT2D eigenvalue weighted by atomic mass is 15.2. The van der Waals surface area contributed by atoms with Crippen molar-refractivity contribution in [3.63, 3.8) is 0 Å². The van der Waals surface area contributed by atoms with Gasteiger partial charge in [-0.3, -0.25) is 4.90 Å². The van der Waals surface area contributed by atoms with Gasteiger partial charge in [0.05, 0.1) is 0 Å². The Morgan fingerprint density at radius 2 is 1.94 bits per heavy atom. The Kier molecular flexibility index (Phi) is 5.11. The first-order chi connectivity index (χ1) is 7.90. The second-order valence-electron chi connectivity index (χ2n) is 5.65. The molecule has 2 rings (SSSR count). The van der Waals surface area contributed by atoms with Crippen LogP contribution >= 0.6 is 0 Å². The zero-order valence-corrected chi connectivity index (χ0v) is 10.9. The van der Waals surface area contributed by atoms with Crippen molar-refractivity contribution < 1.29 is 0 Å². The molecule has 2 heteroatoms. The van der Waals surface area contributed by atoms with E-state index in [1.54, 1.807) is 0 Å². The lowest BCUT2D eigenvalue weighted by atomic mass is 10.0. The maximum atomic E-state index is 3.56. The Labute approximate surface area is 101 Å². The molecule has 2 fully saturated rings. The van der Waals surface area contributed by atoms with Gasteiger partial charge in [0, 0.05) is 19.1 Å². The number of hydrogen-bond acceptors (Lipinski definition) is 2. The first-order valence-corrected chi connectivity index (χ1v) is 7.35. The molecule has 1 unspecified atom stereocenters. The fourth-order valence-electron chi connectivity index (χ4n) is 3.38. The third-order valence-corrected chi connectivity index (χ3v) is 4.27. The molecule has 0 amide bonds. The third kappa shape index (κ3) is 3.46. The van der Waals surface area contributed by atoms with Gasteiger partial charge in [-0.2, -0.15) is 0 Å². The SMILES string of the molecule is CCCN(CC1CCCC1)C1CCCNC1. The minimum absolute atomic E-state index is 0.828. The topological polar surface area (TPSA) is 15.3 Å². The van der Waals surface area contributed by atoms with Crippen molar-refractivity contribution in [3.05, 3.63) is 0 Å². The summed E-state index contributed by atoms with van der Waals surface area (Å²) in [6.07, 6.45) is 10.0. The molecule has 0 aromatic rings. The van der Waals surface area contributed by atoms with Crippen LogP contribution in [0.1, 0.15) is 51.9 Å². The lowest BCUT2D eigenvalue weighted by Crippen LogP contribution is -2.47. The largest absolute Gasteiger partial charge is 0.315 e. The molecule has 1 saturated heterocycles. The minimum atomic E-state index is 0.828. The van der Waals surface area contributed by atoms with E-state index in [2.05, 4.69) is 17.1 Å². The molecule has 0 aromatic carbocycles. The zero-order chi connectivity index (χ0) is 11.2. The number of nitrogens with zero attached hydrogens (tertiary/aromatic N) is 1. The van der Waals surface area contributed by atoms with Crippen molar-refractivity contribution in [3.8, 4) is 0 Å². The average Bonchev–Trinajstić information content (AvgIpc) is 2.83. The van der Waals surface area contributed by atoms with Gasteiger partial charge >= 0.3 is 0 Å². The summed E-state index contributed by atoms with van der Waals surface area (Å²) in [4.78, 5) is 2.78. The Morgan fingerprint density at radius 3 is 2.56 bits per heavy atom. The quantitative estimate of drug-likeness (QED) is 0.772. The molecule has 16 heavy (non-hydrogen) atoms. The molecule has 1 aliphatic heterocycles. The molecular weight excluding hydrogens is 196 g/mol. The molecule has 1 N–H and O–H groups in total. The summed E-state index contributed by atoms with van der Waals surface area (Å²) in [5.74, 6) is 1.01. The predicted molar refractivity (Wildman–Crippen MR) is 69.7 cm³/mol. The second-order valence-corrected chi connectivity index (χ2v) is 5.65. The summed E-state index contributed by atoms with van der Waals surface area (Å²) < 4.78 is 0. The summed E-state index contributed by atoms with van der Waals surface area (Å²) in [6, 6.07) is 0.828. The Hall–Kier alpha value is -0.0800. The molecule has 0 aromatic heterocycles. The molecule has 94 valence electrons. The molecule has 1 heterocycles. The van der Waals surface area contributed by atoms with Gasteiger partial charge < -0.3 is 5.32 Å². The molecule has 1 saturated carbocycles. The van der Waals surface area contributed by atoms with Gasteiger partial charge in [0.25, 0.3) is 0 Å². The summed E-state index contributed by atoms with van der Waals surface area (Å²) in [5, 5.41) is 3.56. The lowest BCUT2D eigenvalue weighted by molar-refractivity contribution is 0.142. The van der Waals surface area contributed by atoms with Crippen LogP contribution in [0, 0.1) is 5.92 Å². The highest BCUT2D eigenvalue weighted by molar-refractivity contribution is 4.81. The molecule has 2 nitrogen and oxygen atoms in total. The van der Waals surface area contributed by atoms with Crippen molar-refractivity contribution >= 4 is 0 Å². The van der Waals surface area contributed by atoms with Crippen molar-refractivity contribution in [2.75, 3.05) is 26.2 Å². The van der Waals surface area contributed by atoms with Crippen LogP contribution in [0.25, 0.3) is 0 Å². The number of rotatable bonds is 5. The van der Waals surface area contributed by atoms with Crippen molar-refractivity contribution in [2.45, 2.75) is 57.9 Å². The van der Waals surface area contributed by atoms with E-state index < -0.39 is 0 Å². The van der Waals surface area contributed by atoms with E-state index >= 15 is 0 Å². The van der Waals surface area contributed by atoms with Crippen molar-refractivity contribution in [1.82, 2.24) is 10.2 Å². The van der Waals surface area contributed by atoms with Gasteiger partial charge in [-0.25, -0.2) is 0 Å². The van der Waals surface area contributed by atoms with Crippen LogP contribution in [0.4, 0.5) is 0 Å². The fourth-order valence-corrected chi connectivity index (χ4v) is 3.38. The van der Waals surface area contributed by atoms with Gasteiger partial charge in [0.2, 0.25) is 0 Å². The molecule has 0 bridgehead atoms. The Morgan fingerprint density at radius 1 is 1.12 bits per heavy atom. The minimum Gasteiger partial charge on any atom is -0.315 e. The number of piperidine rings is 1. The molecule has 2 aliphatic rings. The standard InChI is InChI=1S/C14H28N2/c1-2-10-16(12-13-6-3-4-7-13)14-8-5-9-15-11-14/h13-15H,2-12H2,1H3. The van der Waals surface area contributed by atoms with Gasteiger partial charge in [-0.05, 0) is 51.1 Å². The Bertz CT molecular complexity index is 181. The van der Waals surface area contributed by atoms with Crippen LogP contribution in [-0.2, 0) is 0 Å². The van der Waals surface area contributed by atoms with Crippen LogP contribution in [0.15, 0.2) is 0 Å². The Balaban J connectivity index is 1.82. The lowest BCUT2D eigenvalue weighted by Gasteiger charge is -2.36. The monoisotopic (exact) mass is 224 g/mol. The van der Waals surface area contributed by atoms with Gasteiger partial charge in [-0.15, -0.1) is 0 Å². The van der Waals surface area contributed by atoms with E-state index in [1.165, 1.54) is 71.1 Å². The normalized spacial score (nSPS) is 27.8. The predicted octanol–water partition coefficient (Wildman–Crippen LogP) is 2.64. The van der Waals surface area contributed by atoms with Crippen LogP contribution in [-0.4, -0.2) is 37.1 Å². The summed E-state index contributed by atoms with van der Waals surface area (Å²) in [7, 11) is 0. The van der Waals surface area contributed by atoms with E-state index in [-0.39, 0.29) is 0 Å².